The summed E-state index contributed by atoms with van der Waals surface area (Å²) in [5, 5.41) is 7.73. The molecule has 3 aromatic carbocycles. The molecule has 1 heterocycles. The Hall–Kier alpha value is -3.57. The maximum Gasteiger partial charge on any atom is 0.417 e. The molecule has 1 aliphatic carbocycles. The van der Waals surface area contributed by atoms with E-state index in [1.807, 2.05) is 0 Å². The molecule has 3 N–H and O–H groups in total. The number of alkyl halides is 3. The van der Waals surface area contributed by atoms with Gasteiger partial charge in [-0.05, 0) is 65.9 Å². The molecule has 2 aliphatic rings. The van der Waals surface area contributed by atoms with Gasteiger partial charge >= 0.3 is 6.18 Å². The van der Waals surface area contributed by atoms with Gasteiger partial charge in [0.15, 0.2) is 11.5 Å². The zero-order chi connectivity index (χ0) is 25.0. The molecule has 1 saturated carbocycles. The van der Waals surface area contributed by atoms with Crippen molar-refractivity contribution in [2.45, 2.75) is 29.3 Å². The van der Waals surface area contributed by atoms with Crippen LogP contribution in [0.2, 0.25) is 0 Å². The third kappa shape index (κ3) is 4.32. The molecule has 0 bridgehead atoms. The Labute approximate surface area is 198 Å². The highest BCUT2D eigenvalue weighted by atomic mass is 32.2. The Morgan fingerprint density at radius 1 is 0.971 bits per heavy atom. The van der Waals surface area contributed by atoms with Crippen molar-refractivity contribution in [3.63, 3.8) is 0 Å². The van der Waals surface area contributed by atoms with Crippen LogP contribution in [0.15, 0.2) is 65.6 Å². The van der Waals surface area contributed by atoms with Gasteiger partial charge in [0, 0.05) is 5.69 Å². The standard InChI is InChI=1S/C24H19F3N2O5S/c25-24(26,27)19-12-16(5-6-18(19)14-2-1-3-17(10-14)35(28,31)32)29-22(30)23(8-9-23)15-4-7-20-21(11-15)34-13-33-20/h1-7,10-12H,8-9,13H2,(H,29,30)(H2,28,31,32). The first kappa shape index (κ1) is 23.2. The SMILES string of the molecule is NS(=O)(=O)c1cccc(-c2ccc(NC(=O)C3(c4ccc5c(c4)OCO5)CC3)cc2C(F)(F)F)c1. The van der Waals surface area contributed by atoms with Crippen LogP contribution in [-0.4, -0.2) is 21.1 Å². The van der Waals surface area contributed by atoms with E-state index in [0.29, 0.717) is 29.9 Å². The lowest BCUT2D eigenvalue weighted by atomic mass is 9.94. The van der Waals surface area contributed by atoms with Gasteiger partial charge < -0.3 is 14.8 Å². The zero-order valence-corrected chi connectivity index (χ0v) is 18.9. The molecule has 5 rings (SSSR count). The van der Waals surface area contributed by atoms with E-state index in [1.54, 1.807) is 18.2 Å². The average Bonchev–Trinajstić information content (AvgIpc) is 3.49. The highest BCUT2D eigenvalue weighted by Crippen LogP contribution is 2.51. The third-order valence-corrected chi connectivity index (χ3v) is 7.08. The molecule has 3 aromatic rings. The normalized spacial score (nSPS) is 16.1. The number of ether oxygens (including phenoxy) is 2. The second kappa shape index (κ2) is 7.99. The monoisotopic (exact) mass is 504 g/mol. The van der Waals surface area contributed by atoms with Crippen molar-refractivity contribution in [3.05, 3.63) is 71.8 Å². The smallest absolute Gasteiger partial charge is 0.417 e. The summed E-state index contributed by atoms with van der Waals surface area (Å²) in [6.07, 6.45) is -3.67. The molecule has 1 aliphatic heterocycles. The molecule has 35 heavy (non-hydrogen) atoms. The van der Waals surface area contributed by atoms with Crippen LogP contribution in [0.25, 0.3) is 11.1 Å². The number of anilines is 1. The van der Waals surface area contributed by atoms with Crippen LogP contribution >= 0.6 is 0 Å². The number of nitrogens with one attached hydrogen (secondary N) is 1. The number of carbonyl (C=O) groups excluding carboxylic acids is 1. The van der Waals surface area contributed by atoms with Crippen LogP contribution in [0, 0.1) is 0 Å². The summed E-state index contributed by atoms with van der Waals surface area (Å²) in [4.78, 5) is 12.8. The first-order valence-corrected chi connectivity index (χ1v) is 12.1. The van der Waals surface area contributed by atoms with E-state index >= 15 is 0 Å². The Bertz CT molecular complexity index is 1450. The van der Waals surface area contributed by atoms with Crippen LogP contribution in [0.1, 0.15) is 24.0 Å². The zero-order valence-electron chi connectivity index (χ0n) is 18.1. The molecule has 0 unspecified atom stereocenters. The molecule has 11 heteroatoms. The Kier molecular flexibility index (Phi) is 5.29. The number of hydrogen-bond donors (Lipinski definition) is 2. The fraction of sp³-hybridized carbons (Fsp3) is 0.208. The number of primary sulfonamides is 1. The minimum Gasteiger partial charge on any atom is -0.454 e. The maximum atomic E-state index is 13.9. The molecule has 0 saturated heterocycles. The second-order valence-electron chi connectivity index (χ2n) is 8.44. The minimum atomic E-state index is -4.76. The van der Waals surface area contributed by atoms with E-state index in [1.165, 1.54) is 30.3 Å². The van der Waals surface area contributed by atoms with Gasteiger partial charge in [-0.2, -0.15) is 13.2 Å². The summed E-state index contributed by atoms with van der Waals surface area (Å²) in [5.74, 6) is 0.669. The van der Waals surface area contributed by atoms with Gasteiger partial charge in [0.05, 0.1) is 15.9 Å². The molecular formula is C24H19F3N2O5S. The van der Waals surface area contributed by atoms with E-state index in [9.17, 15) is 26.4 Å². The summed E-state index contributed by atoms with van der Waals surface area (Å²) in [6.45, 7) is 0.0880. The highest BCUT2D eigenvalue weighted by molar-refractivity contribution is 7.89. The number of carbonyl (C=O) groups is 1. The summed E-state index contributed by atoms with van der Waals surface area (Å²) < 4.78 is 75.8. The van der Waals surface area contributed by atoms with E-state index in [2.05, 4.69) is 5.32 Å². The van der Waals surface area contributed by atoms with Crippen LogP contribution in [0.4, 0.5) is 18.9 Å². The quantitative estimate of drug-likeness (QED) is 0.535. The predicted octanol–water partition coefficient (Wildman–Crippen LogP) is 4.42. The molecule has 7 nitrogen and oxygen atoms in total. The molecule has 1 fully saturated rings. The second-order valence-corrected chi connectivity index (χ2v) is 10.00. The average molecular weight is 504 g/mol. The first-order valence-electron chi connectivity index (χ1n) is 10.5. The molecule has 0 atom stereocenters. The third-order valence-electron chi connectivity index (χ3n) is 6.17. The molecular weight excluding hydrogens is 485 g/mol. The van der Waals surface area contributed by atoms with Crippen molar-refractivity contribution in [2.75, 3.05) is 12.1 Å². The number of fused-ring (bicyclic) bond motifs is 1. The van der Waals surface area contributed by atoms with Gasteiger partial charge in [-0.3, -0.25) is 4.79 Å². The molecule has 0 radical (unpaired) electrons. The Balaban J connectivity index is 1.46. The molecule has 1 amide bonds. The molecule has 0 spiro atoms. The Morgan fingerprint density at radius 3 is 2.40 bits per heavy atom. The lowest BCUT2D eigenvalue weighted by Crippen LogP contribution is -2.28. The van der Waals surface area contributed by atoms with Gasteiger partial charge in [0.1, 0.15) is 0 Å². The summed E-state index contributed by atoms with van der Waals surface area (Å²) in [5.41, 5.74) is -1.41. The number of sulfonamides is 1. The van der Waals surface area contributed by atoms with Crippen LogP contribution < -0.4 is 19.9 Å². The van der Waals surface area contributed by atoms with E-state index in [4.69, 9.17) is 14.6 Å². The van der Waals surface area contributed by atoms with Crippen molar-refractivity contribution in [3.8, 4) is 22.6 Å². The first-order chi connectivity index (χ1) is 16.5. The van der Waals surface area contributed by atoms with Crippen LogP contribution in [0.5, 0.6) is 11.5 Å². The number of benzene rings is 3. The number of amides is 1. The topological polar surface area (TPSA) is 108 Å². The van der Waals surface area contributed by atoms with Crippen molar-refractivity contribution in [1.82, 2.24) is 0 Å². The fourth-order valence-corrected chi connectivity index (χ4v) is 4.73. The summed E-state index contributed by atoms with van der Waals surface area (Å²) >= 11 is 0. The van der Waals surface area contributed by atoms with Crippen molar-refractivity contribution >= 4 is 21.6 Å². The summed E-state index contributed by atoms with van der Waals surface area (Å²) in [7, 11) is -4.10. The van der Waals surface area contributed by atoms with E-state index in [0.717, 1.165) is 12.1 Å². The van der Waals surface area contributed by atoms with Gasteiger partial charge in [-0.1, -0.05) is 24.3 Å². The molecule has 182 valence electrons. The highest BCUT2D eigenvalue weighted by Gasteiger charge is 2.51. The van der Waals surface area contributed by atoms with Crippen LogP contribution in [0.3, 0.4) is 0 Å². The van der Waals surface area contributed by atoms with Crippen molar-refractivity contribution in [2.24, 2.45) is 5.14 Å². The van der Waals surface area contributed by atoms with Gasteiger partial charge in [-0.25, -0.2) is 13.6 Å². The number of hydrogen-bond acceptors (Lipinski definition) is 5. The van der Waals surface area contributed by atoms with E-state index < -0.39 is 33.1 Å². The largest absolute Gasteiger partial charge is 0.454 e. The van der Waals surface area contributed by atoms with Crippen molar-refractivity contribution < 1.29 is 35.9 Å². The number of rotatable bonds is 5. The minimum absolute atomic E-state index is 0.0271. The summed E-state index contributed by atoms with van der Waals surface area (Å²) in [6, 6.07) is 13.5. The van der Waals surface area contributed by atoms with Gasteiger partial charge in [-0.15, -0.1) is 0 Å². The lowest BCUT2D eigenvalue weighted by molar-refractivity contribution is -0.137. The van der Waals surface area contributed by atoms with Gasteiger partial charge in [0.2, 0.25) is 22.7 Å². The van der Waals surface area contributed by atoms with Crippen LogP contribution in [-0.2, 0) is 26.4 Å². The predicted molar refractivity (Wildman–Crippen MR) is 120 cm³/mol. The lowest BCUT2D eigenvalue weighted by Gasteiger charge is -2.19. The van der Waals surface area contributed by atoms with Gasteiger partial charge in [0.25, 0.3) is 0 Å². The Morgan fingerprint density at radius 2 is 1.71 bits per heavy atom. The van der Waals surface area contributed by atoms with E-state index in [-0.39, 0.29) is 28.5 Å². The maximum absolute atomic E-state index is 13.9. The fourth-order valence-electron chi connectivity index (χ4n) is 4.17. The van der Waals surface area contributed by atoms with Crippen molar-refractivity contribution in [1.29, 1.82) is 0 Å². The number of nitrogens with two attached hydrogens (primary N) is 1. The number of halogens is 3. The molecule has 0 aromatic heterocycles.